The summed E-state index contributed by atoms with van der Waals surface area (Å²) >= 11 is 9.41. The molecule has 0 aliphatic heterocycles. The zero-order valence-electron chi connectivity index (χ0n) is 7.61. The minimum Gasteiger partial charge on any atom is -0.313 e. The van der Waals surface area contributed by atoms with Crippen molar-refractivity contribution in [2.24, 2.45) is 0 Å². The van der Waals surface area contributed by atoms with Gasteiger partial charge in [0.2, 0.25) is 0 Å². The molecular weight excluding hydrogens is 249 g/mol. The van der Waals surface area contributed by atoms with Crippen LogP contribution < -0.4 is 5.32 Å². The fourth-order valence-corrected chi connectivity index (χ4v) is 1.68. The van der Waals surface area contributed by atoms with E-state index >= 15 is 0 Å². The van der Waals surface area contributed by atoms with Crippen LogP contribution in [0.4, 0.5) is 0 Å². The molecule has 0 aliphatic rings. The molecule has 0 atom stereocenters. The van der Waals surface area contributed by atoms with E-state index in [2.05, 4.69) is 34.2 Å². The van der Waals surface area contributed by atoms with Crippen LogP contribution >= 0.6 is 27.5 Å². The van der Waals surface area contributed by atoms with E-state index < -0.39 is 0 Å². The van der Waals surface area contributed by atoms with Gasteiger partial charge in [0, 0.05) is 11.0 Å². The third kappa shape index (κ3) is 3.29. The van der Waals surface area contributed by atoms with E-state index in [1.54, 1.807) is 0 Å². The number of rotatable bonds is 4. The molecule has 1 aromatic rings. The lowest BCUT2D eigenvalue weighted by atomic mass is 10.2. The zero-order valence-corrected chi connectivity index (χ0v) is 9.95. The Balaban J connectivity index is 2.61. The summed E-state index contributed by atoms with van der Waals surface area (Å²) in [5.74, 6) is 0. The maximum absolute atomic E-state index is 5.95. The minimum atomic E-state index is 0.774. The Morgan fingerprint density at radius 1 is 1.46 bits per heavy atom. The average Bonchev–Trinajstić information content (AvgIpc) is 2.13. The van der Waals surface area contributed by atoms with Crippen LogP contribution in [0.3, 0.4) is 0 Å². The predicted molar refractivity (Wildman–Crippen MR) is 61.1 cm³/mol. The molecule has 0 unspecified atom stereocenters. The third-order valence-corrected chi connectivity index (χ3v) is 3.25. The summed E-state index contributed by atoms with van der Waals surface area (Å²) in [6.45, 7) is 4.06. The molecule has 0 fully saturated rings. The van der Waals surface area contributed by atoms with E-state index in [4.69, 9.17) is 11.6 Å². The van der Waals surface area contributed by atoms with Crippen molar-refractivity contribution in [1.82, 2.24) is 5.32 Å². The van der Waals surface area contributed by atoms with Gasteiger partial charge in [-0.05, 0) is 40.5 Å². The molecule has 0 saturated carbocycles. The first-order valence-corrected chi connectivity index (χ1v) is 5.56. The van der Waals surface area contributed by atoms with Crippen molar-refractivity contribution in [1.29, 1.82) is 0 Å². The molecule has 0 radical (unpaired) electrons. The summed E-state index contributed by atoms with van der Waals surface area (Å²) in [6, 6.07) is 5.92. The van der Waals surface area contributed by atoms with E-state index in [-0.39, 0.29) is 0 Å². The number of nitrogens with one attached hydrogen (secondary N) is 1. The number of hydrogen-bond donors (Lipinski definition) is 1. The Bertz CT molecular complexity index is 276. The highest BCUT2D eigenvalue weighted by molar-refractivity contribution is 9.10. The topological polar surface area (TPSA) is 12.0 Å². The summed E-state index contributed by atoms with van der Waals surface area (Å²) in [4.78, 5) is 0. The second-order valence-corrected chi connectivity index (χ2v) is 4.09. The van der Waals surface area contributed by atoms with Gasteiger partial charge < -0.3 is 5.32 Å². The van der Waals surface area contributed by atoms with E-state index in [0.29, 0.717) is 0 Å². The van der Waals surface area contributed by atoms with E-state index in [0.717, 1.165) is 29.0 Å². The van der Waals surface area contributed by atoms with Gasteiger partial charge in [-0.25, -0.2) is 0 Å². The van der Waals surface area contributed by atoms with Crippen LogP contribution in [0.2, 0.25) is 5.02 Å². The second kappa shape index (κ2) is 5.63. The minimum absolute atomic E-state index is 0.774. The van der Waals surface area contributed by atoms with Gasteiger partial charge in [0.05, 0.1) is 5.02 Å². The lowest BCUT2D eigenvalue weighted by Gasteiger charge is -2.06. The molecule has 1 nitrogen and oxygen atoms in total. The molecule has 1 N–H and O–H groups in total. The molecular formula is C10H13BrClN. The molecule has 0 saturated heterocycles. The van der Waals surface area contributed by atoms with Gasteiger partial charge in [-0.1, -0.05) is 30.7 Å². The number of halogens is 2. The Kier molecular flexibility index (Phi) is 4.78. The Labute approximate surface area is 92.6 Å². The van der Waals surface area contributed by atoms with Crippen LogP contribution in [-0.2, 0) is 6.54 Å². The highest BCUT2D eigenvalue weighted by Crippen LogP contribution is 2.25. The predicted octanol–water partition coefficient (Wildman–Crippen LogP) is 3.60. The molecule has 0 spiro atoms. The van der Waals surface area contributed by atoms with Crippen LogP contribution in [0.1, 0.15) is 18.9 Å². The Morgan fingerprint density at radius 3 is 2.92 bits per heavy atom. The molecule has 13 heavy (non-hydrogen) atoms. The lowest BCUT2D eigenvalue weighted by molar-refractivity contribution is 0.674. The highest BCUT2D eigenvalue weighted by Gasteiger charge is 2.01. The van der Waals surface area contributed by atoms with Crippen LogP contribution in [0.15, 0.2) is 22.7 Å². The fraction of sp³-hybridized carbons (Fsp3) is 0.400. The summed E-state index contributed by atoms with van der Waals surface area (Å²) in [7, 11) is 0. The van der Waals surface area contributed by atoms with Crippen molar-refractivity contribution in [2.45, 2.75) is 19.9 Å². The van der Waals surface area contributed by atoms with Crippen molar-refractivity contribution in [2.75, 3.05) is 6.54 Å². The first-order chi connectivity index (χ1) is 6.25. The monoisotopic (exact) mass is 261 g/mol. The van der Waals surface area contributed by atoms with Gasteiger partial charge in [-0.15, -0.1) is 0 Å². The number of benzene rings is 1. The molecule has 72 valence electrons. The molecule has 0 aliphatic carbocycles. The molecule has 0 bridgehead atoms. The van der Waals surface area contributed by atoms with Crippen LogP contribution in [0, 0.1) is 0 Å². The van der Waals surface area contributed by atoms with Gasteiger partial charge in [0.25, 0.3) is 0 Å². The summed E-state index contributed by atoms with van der Waals surface area (Å²) < 4.78 is 1.00. The van der Waals surface area contributed by atoms with Crippen LogP contribution in [0.25, 0.3) is 0 Å². The Hall–Kier alpha value is -0.0500. The van der Waals surface area contributed by atoms with Crippen LogP contribution in [-0.4, -0.2) is 6.54 Å². The lowest BCUT2D eigenvalue weighted by Crippen LogP contribution is -2.14. The van der Waals surface area contributed by atoms with Crippen molar-refractivity contribution in [3.63, 3.8) is 0 Å². The molecule has 1 rings (SSSR count). The normalized spacial score (nSPS) is 10.4. The molecule has 3 heteroatoms. The standard InChI is InChI=1S/C10H13BrClN/c1-2-6-13-7-8-4-3-5-9(12)10(8)11/h3-5,13H,2,6-7H2,1H3. The molecule has 0 aromatic heterocycles. The largest absolute Gasteiger partial charge is 0.313 e. The fourth-order valence-electron chi connectivity index (χ4n) is 1.08. The van der Waals surface area contributed by atoms with Crippen molar-refractivity contribution >= 4 is 27.5 Å². The van der Waals surface area contributed by atoms with E-state index in [9.17, 15) is 0 Å². The Morgan fingerprint density at radius 2 is 2.23 bits per heavy atom. The summed E-state index contributed by atoms with van der Waals surface area (Å²) in [5.41, 5.74) is 1.21. The van der Waals surface area contributed by atoms with Gasteiger partial charge in [-0.3, -0.25) is 0 Å². The van der Waals surface area contributed by atoms with Gasteiger partial charge >= 0.3 is 0 Å². The molecule has 0 amide bonds. The van der Waals surface area contributed by atoms with Gasteiger partial charge in [0.1, 0.15) is 0 Å². The smallest absolute Gasteiger partial charge is 0.0551 e. The zero-order chi connectivity index (χ0) is 9.68. The van der Waals surface area contributed by atoms with E-state index in [1.165, 1.54) is 5.56 Å². The highest BCUT2D eigenvalue weighted by atomic mass is 79.9. The SMILES string of the molecule is CCCNCc1cccc(Cl)c1Br. The quantitative estimate of drug-likeness (QED) is 0.818. The van der Waals surface area contributed by atoms with Crippen molar-refractivity contribution in [3.8, 4) is 0 Å². The second-order valence-electron chi connectivity index (χ2n) is 2.89. The third-order valence-electron chi connectivity index (χ3n) is 1.77. The molecule has 1 aromatic carbocycles. The first kappa shape index (κ1) is 11.0. The average molecular weight is 263 g/mol. The molecule has 0 heterocycles. The van der Waals surface area contributed by atoms with Crippen molar-refractivity contribution in [3.05, 3.63) is 33.3 Å². The maximum Gasteiger partial charge on any atom is 0.0551 e. The summed E-state index contributed by atoms with van der Waals surface area (Å²) in [5, 5.41) is 4.10. The van der Waals surface area contributed by atoms with Gasteiger partial charge in [0.15, 0.2) is 0 Å². The maximum atomic E-state index is 5.95. The van der Waals surface area contributed by atoms with E-state index in [1.807, 2.05) is 12.1 Å². The summed E-state index contributed by atoms with van der Waals surface area (Å²) in [6.07, 6.45) is 1.15. The van der Waals surface area contributed by atoms with Crippen LogP contribution in [0.5, 0.6) is 0 Å². The number of hydrogen-bond acceptors (Lipinski definition) is 1. The van der Waals surface area contributed by atoms with Crippen molar-refractivity contribution < 1.29 is 0 Å². The first-order valence-electron chi connectivity index (χ1n) is 4.39. The van der Waals surface area contributed by atoms with Gasteiger partial charge in [-0.2, -0.15) is 0 Å².